The summed E-state index contributed by atoms with van der Waals surface area (Å²) in [6.45, 7) is 0. The van der Waals surface area contributed by atoms with E-state index in [4.69, 9.17) is 0 Å². The van der Waals surface area contributed by atoms with Gasteiger partial charge in [-0.1, -0.05) is 59.2 Å². The monoisotopic (exact) mass is 423 g/mol. The Morgan fingerprint density at radius 3 is 2.12 bits per heavy atom. The Morgan fingerprint density at radius 1 is 0.833 bits per heavy atom. The Kier molecular flexibility index (Phi) is 5.86. The number of pyridine rings is 1. The Morgan fingerprint density at radius 2 is 1.46 bits per heavy atom. The van der Waals surface area contributed by atoms with E-state index < -0.39 is 0 Å². The van der Waals surface area contributed by atoms with Crippen LogP contribution in [-0.2, 0) is 5.75 Å². The molecular weight excluding hydrogens is 411 g/mol. The van der Waals surface area contributed by atoms with Crippen molar-refractivity contribution in [3.63, 3.8) is 0 Å². The molecule has 2 aromatic rings. The molecule has 0 saturated heterocycles. The molecule has 0 bridgehead atoms. The summed E-state index contributed by atoms with van der Waals surface area (Å²) in [5.74, 6) is 0.999. The van der Waals surface area contributed by atoms with Gasteiger partial charge in [-0.2, -0.15) is 0 Å². The first-order valence-electron chi connectivity index (χ1n) is 7.18. The van der Waals surface area contributed by atoms with E-state index in [0.717, 1.165) is 5.75 Å². The van der Waals surface area contributed by atoms with Crippen molar-refractivity contribution in [2.45, 2.75) is 15.5 Å². The molecule has 0 saturated carbocycles. The van der Waals surface area contributed by atoms with Crippen molar-refractivity contribution in [1.29, 1.82) is 0 Å². The van der Waals surface area contributed by atoms with Gasteiger partial charge in [-0.05, 0) is 36.1 Å². The lowest BCUT2D eigenvalue weighted by atomic mass is 10.3. The first kappa shape index (κ1) is 17.4. The maximum Gasteiger partial charge on any atom is 0.0717 e. The second kappa shape index (κ2) is 8.10. The van der Waals surface area contributed by atoms with Crippen LogP contribution >= 0.6 is 70.6 Å². The molecule has 0 amide bonds. The molecule has 0 aliphatic carbocycles. The summed E-state index contributed by atoms with van der Waals surface area (Å²) in [5.41, 5.74) is 1.33. The van der Waals surface area contributed by atoms with E-state index >= 15 is 0 Å². The summed E-state index contributed by atoms with van der Waals surface area (Å²) in [6, 6.07) is 12.9. The minimum absolute atomic E-state index is 0.999. The van der Waals surface area contributed by atoms with Crippen LogP contribution in [0.3, 0.4) is 0 Å². The minimum atomic E-state index is 0.999. The Labute approximate surface area is 167 Å². The third-order valence-corrected chi connectivity index (χ3v) is 11.8. The summed E-state index contributed by atoms with van der Waals surface area (Å²) in [5, 5.41) is 0. The minimum Gasteiger partial charge on any atom is -0.265 e. The average Bonchev–Trinajstić information content (AvgIpc) is 3.24. The highest BCUT2D eigenvalue weighted by Crippen LogP contribution is 2.63. The van der Waals surface area contributed by atoms with Gasteiger partial charge in [0, 0.05) is 27.9 Å². The number of thioether (sulfide) groups is 6. The molecule has 0 unspecified atom stereocenters. The first-order valence-corrected chi connectivity index (χ1v) is 12.7. The number of rotatable bonds is 4. The van der Waals surface area contributed by atoms with E-state index in [2.05, 4.69) is 47.6 Å². The quantitative estimate of drug-likeness (QED) is 0.504. The molecule has 2 aliphatic rings. The van der Waals surface area contributed by atoms with Crippen LogP contribution in [0.4, 0.5) is 0 Å². The number of fused-ring (bicyclic) bond motifs is 1. The van der Waals surface area contributed by atoms with Crippen molar-refractivity contribution < 1.29 is 0 Å². The molecule has 1 aromatic heterocycles. The highest BCUT2D eigenvalue weighted by atomic mass is 32.3. The highest BCUT2D eigenvalue weighted by Gasteiger charge is 2.28. The van der Waals surface area contributed by atoms with Gasteiger partial charge in [0.2, 0.25) is 0 Å². The van der Waals surface area contributed by atoms with E-state index in [1.165, 1.54) is 32.3 Å². The Hall–Kier alpha value is -0.0500. The second-order valence-corrected chi connectivity index (χ2v) is 11.8. The van der Waals surface area contributed by atoms with Crippen molar-refractivity contribution in [2.24, 2.45) is 0 Å². The molecular formula is C17H13NS6. The summed E-state index contributed by atoms with van der Waals surface area (Å²) in [7, 11) is 0. The van der Waals surface area contributed by atoms with Crippen molar-refractivity contribution in [3.05, 3.63) is 71.3 Å². The summed E-state index contributed by atoms with van der Waals surface area (Å²) in [6.07, 6.45) is 5.91. The van der Waals surface area contributed by atoms with Crippen molar-refractivity contribution in [3.8, 4) is 0 Å². The number of aromatic nitrogens is 1. The molecule has 0 atom stereocenters. The molecule has 122 valence electrons. The highest BCUT2D eigenvalue weighted by molar-refractivity contribution is 8.41. The van der Waals surface area contributed by atoms with Gasteiger partial charge in [0.25, 0.3) is 0 Å². The zero-order valence-corrected chi connectivity index (χ0v) is 17.6. The maximum atomic E-state index is 4.09. The molecule has 1 aromatic carbocycles. The third kappa shape index (κ3) is 3.86. The SMILES string of the molecule is CSC1=C(SCc2ccncc2)SC(=C2Sc3ccccc3S2)S1. The zero-order valence-electron chi connectivity index (χ0n) is 12.7. The van der Waals surface area contributed by atoms with E-state index in [1.54, 1.807) is 0 Å². The molecule has 0 spiro atoms. The zero-order chi connectivity index (χ0) is 16.4. The topological polar surface area (TPSA) is 12.9 Å². The van der Waals surface area contributed by atoms with Gasteiger partial charge in [-0.25, -0.2) is 0 Å². The molecule has 1 nitrogen and oxygen atoms in total. The van der Waals surface area contributed by atoms with Gasteiger partial charge in [-0.15, -0.1) is 23.5 Å². The molecule has 4 rings (SSSR count). The van der Waals surface area contributed by atoms with Crippen LogP contribution in [0.15, 0.2) is 75.5 Å². The van der Waals surface area contributed by atoms with E-state index in [0.29, 0.717) is 0 Å². The van der Waals surface area contributed by atoms with Gasteiger partial charge in [0.15, 0.2) is 0 Å². The number of hydrogen-bond acceptors (Lipinski definition) is 7. The number of hydrogen-bond donors (Lipinski definition) is 0. The van der Waals surface area contributed by atoms with Crippen LogP contribution in [0.2, 0.25) is 0 Å². The van der Waals surface area contributed by atoms with Gasteiger partial charge in [0.1, 0.15) is 0 Å². The molecule has 3 heterocycles. The predicted molar refractivity (Wildman–Crippen MR) is 116 cm³/mol. The Bertz CT molecular complexity index is 788. The molecule has 0 N–H and O–H groups in total. The standard InChI is InChI=1S/C17H13NS6/c1-19-14-15(20-10-11-6-8-18-9-7-11)24-17(23-14)16-21-12-4-2-3-5-13(12)22-16/h2-9H,10H2,1H3. The number of nitrogens with zero attached hydrogens (tertiary/aromatic N) is 1. The van der Waals surface area contributed by atoms with Crippen LogP contribution in [0.5, 0.6) is 0 Å². The number of benzene rings is 1. The molecule has 2 aliphatic heterocycles. The smallest absolute Gasteiger partial charge is 0.0717 e. The largest absolute Gasteiger partial charge is 0.265 e. The van der Waals surface area contributed by atoms with Crippen LogP contribution in [0.25, 0.3) is 0 Å². The van der Waals surface area contributed by atoms with Crippen molar-refractivity contribution in [1.82, 2.24) is 4.98 Å². The van der Waals surface area contributed by atoms with Gasteiger partial charge in [0.05, 0.1) is 16.9 Å². The second-order valence-electron chi connectivity index (χ2n) is 4.85. The van der Waals surface area contributed by atoms with E-state index in [9.17, 15) is 0 Å². The third-order valence-electron chi connectivity index (χ3n) is 3.26. The van der Waals surface area contributed by atoms with Crippen LogP contribution in [0.1, 0.15) is 5.56 Å². The summed E-state index contributed by atoms with van der Waals surface area (Å²) in [4.78, 5) is 6.86. The maximum absolute atomic E-state index is 4.09. The lowest BCUT2D eigenvalue weighted by Gasteiger charge is -2.03. The molecule has 7 heteroatoms. The predicted octanol–water partition coefficient (Wildman–Crippen LogP) is 7.31. The fraction of sp³-hybridized carbons (Fsp3) is 0.118. The lowest BCUT2D eigenvalue weighted by molar-refractivity contribution is 1.27. The first-order chi connectivity index (χ1) is 11.8. The van der Waals surface area contributed by atoms with Crippen LogP contribution in [-0.4, -0.2) is 11.2 Å². The van der Waals surface area contributed by atoms with Gasteiger partial charge >= 0.3 is 0 Å². The Balaban J connectivity index is 1.48. The lowest BCUT2D eigenvalue weighted by Crippen LogP contribution is -1.80. The van der Waals surface area contributed by atoms with E-state index in [1.807, 2.05) is 83.0 Å². The van der Waals surface area contributed by atoms with E-state index in [-0.39, 0.29) is 0 Å². The average molecular weight is 424 g/mol. The molecule has 0 radical (unpaired) electrons. The molecule has 0 fully saturated rings. The van der Waals surface area contributed by atoms with Crippen LogP contribution in [0, 0.1) is 0 Å². The normalized spacial score (nSPS) is 16.9. The molecule has 24 heavy (non-hydrogen) atoms. The van der Waals surface area contributed by atoms with Crippen LogP contribution < -0.4 is 0 Å². The van der Waals surface area contributed by atoms with Crippen molar-refractivity contribution in [2.75, 3.05) is 6.26 Å². The van der Waals surface area contributed by atoms with Gasteiger partial charge in [-0.3, -0.25) is 4.98 Å². The van der Waals surface area contributed by atoms with Gasteiger partial charge < -0.3 is 0 Å². The van der Waals surface area contributed by atoms with Crippen molar-refractivity contribution >= 4 is 70.6 Å². The fourth-order valence-corrected chi connectivity index (χ4v) is 10.3. The summed E-state index contributed by atoms with van der Waals surface area (Å²) < 4.78 is 5.72. The fourth-order valence-electron chi connectivity index (χ4n) is 2.12. The summed E-state index contributed by atoms with van der Waals surface area (Å²) >= 11 is 11.5.